The van der Waals surface area contributed by atoms with Crippen molar-refractivity contribution in [2.75, 3.05) is 7.05 Å². The molecule has 6 heteroatoms. The van der Waals surface area contributed by atoms with Crippen molar-refractivity contribution in [1.29, 1.82) is 0 Å². The number of amides is 1. The van der Waals surface area contributed by atoms with Gasteiger partial charge in [-0.05, 0) is 26.0 Å². The van der Waals surface area contributed by atoms with E-state index in [-0.39, 0.29) is 5.91 Å². The number of rotatable bonds is 5. The van der Waals surface area contributed by atoms with Gasteiger partial charge in [-0.1, -0.05) is 0 Å². The van der Waals surface area contributed by atoms with Crippen LogP contribution in [0.2, 0.25) is 0 Å². The molecule has 2 heterocycles. The van der Waals surface area contributed by atoms with E-state index >= 15 is 0 Å². The Morgan fingerprint density at radius 1 is 1.40 bits per heavy atom. The monoisotopic (exact) mass is 275 g/mol. The van der Waals surface area contributed by atoms with Crippen molar-refractivity contribution in [1.82, 2.24) is 24.5 Å². The summed E-state index contributed by atoms with van der Waals surface area (Å²) >= 11 is 0. The lowest BCUT2D eigenvalue weighted by atomic mass is 10.3. The average molecular weight is 275 g/mol. The lowest BCUT2D eigenvalue weighted by Gasteiger charge is -2.17. The topological polar surface area (TPSA) is 56.0 Å². The number of hydrogen-bond acceptors (Lipinski definition) is 3. The first-order chi connectivity index (χ1) is 9.47. The van der Waals surface area contributed by atoms with Crippen molar-refractivity contribution in [3.05, 3.63) is 35.4 Å². The molecule has 2 aromatic rings. The molecule has 0 N–H and O–H groups in total. The van der Waals surface area contributed by atoms with Gasteiger partial charge in [0.1, 0.15) is 0 Å². The largest absolute Gasteiger partial charge is 0.340 e. The molecular formula is C14H21N5O. The molecule has 0 atom stereocenters. The summed E-state index contributed by atoms with van der Waals surface area (Å²) in [4.78, 5) is 13.9. The molecule has 0 fully saturated rings. The molecule has 6 nitrogen and oxygen atoms in total. The van der Waals surface area contributed by atoms with E-state index in [2.05, 4.69) is 10.2 Å². The summed E-state index contributed by atoms with van der Waals surface area (Å²) in [5.74, 6) is 0.110. The van der Waals surface area contributed by atoms with Crippen molar-refractivity contribution in [3.8, 4) is 0 Å². The number of nitrogens with zero attached hydrogens (tertiary/aromatic N) is 5. The van der Waals surface area contributed by atoms with E-state index in [1.807, 2.05) is 44.8 Å². The van der Waals surface area contributed by atoms with E-state index in [1.54, 1.807) is 15.8 Å². The Kier molecular flexibility index (Phi) is 4.22. The number of aryl methyl sites for hydroxylation is 4. The van der Waals surface area contributed by atoms with Gasteiger partial charge >= 0.3 is 0 Å². The molecule has 2 aromatic heterocycles. The van der Waals surface area contributed by atoms with Crippen LogP contribution >= 0.6 is 0 Å². The smallest absolute Gasteiger partial charge is 0.224 e. The first kappa shape index (κ1) is 14.3. The van der Waals surface area contributed by atoms with E-state index < -0.39 is 0 Å². The second-order valence-electron chi connectivity index (χ2n) is 5.10. The van der Waals surface area contributed by atoms with Crippen molar-refractivity contribution in [3.63, 3.8) is 0 Å². The van der Waals surface area contributed by atoms with E-state index in [1.165, 1.54) is 0 Å². The molecule has 2 rings (SSSR count). The summed E-state index contributed by atoms with van der Waals surface area (Å²) in [5.41, 5.74) is 3.09. The molecular weight excluding hydrogens is 254 g/mol. The van der Waals surface area contributed by atoms with E-state index in [0.717, 1.165) is 17.1 Å². The Balaban J connectivity index is 1.88. The Hall–Kier alpha value is -2.11. The molecule has 0 unspecified atom stereocenters. The van der Waals surface area contributed by atoms with Gasteiger partial charge in [0.25, 0.3) is 0 Å². The molecule has 0 saturated carbocycles. The van der Waals surface area contributed by atoms with Crippen molar-refractivity contribution < 1.29 is 4.79 Å². The van der Waals surface area contributed by atoms with Gasteiger partial charge < -0.3 is 4.90 Å². The Labute approximate surface area is 119 Å². The minimum absolute atomic E-state index is 0.110. The zero-order valence-corrected chi connectivity index (χ0v) is 12.5. The second kappa shape index (κ2) is 5.90. The molecule has 0 bridgehead atoms. The summed E-state index contributed by atoms with van der Waals surface area (Å²) in [7, 11) is 3.69. The Morgan fingerprint density at radius 2 is 2.15 bits per heavy atom. The van der Waals surface area contributed by atoms with Crippen LogP contribution in [0.15, 0.2) is 18.3 Å². The fourth-order valence-electron chi connectivity index (χ4n) is 2.18. The van der Waals surface area contributed by atoms with Crippen molar-refractivity contribution >= 4 is 5.91 Å². The first-order valence-corrected chi connectivity index (χ1v) is 6.69. The molecule has 20 heavy (non-hydrogen) atoms. The quantitative estimate of drug-likeness (QED) is 0.826. The standard InChI is InChI=1S/C14H21N5O/c1-11-9-12(2)19(16-11)8-6-14(20)17(3)10-13-5-7-15-18(13)4/h5,7,9H,6,8,10H2,1-4H3. The predicted octanol–water partition coefficient (Wildman–Crippen LogP) is 1.28. The summed E-state index contributed by atoms with van der Waals surface area (Å²) in [5, 5.41) is 8.46. The third kappa shape index (κ3) is 3.26. The molecule has 0 aliphatic rings. The maximum atomic E-state index is 12.1. The van der Waals surface area contributed by atoms with E-state index in [0.29, 0.717) is 19.5 Å². The normalized spacial score (nSPS) is 10.8. The van der Waals surface area contributed by atoms with Crippen LogP contribution in [0.25, 0.3) is 0 Å². The van der Waals surface area contributed by atoms with Crippen LogP contribution < -0.4 is 0 Å². The van der Waals surface area contributed by atoms with Gasteiger partial charge in [-0.3, -0.25) is 14.2 Å². The van der Waals surface area contributed by atoms with E-state index in [4.69, 9.17) is 0 Å². The zero-order valence-electron chi connectivity index (χ0n) is 12.5. The highest BCUT2D eigenvalue weighted by Crippen LogP contribution is 2.06. The summed E-state index contributed by atoms with van der Waals surface area (Å²) in [6, 6.07) is 3.94. The van der Waals surface area contributed by atoms with Crippen LogP contribution in [-0.4, -0.2) is 37.4 Å². The number of aromatic nitrogens is 4. The van der Waals surface area contributed by atoms with Gasteiger partial charge in [0.15, 0.2) is 0 Å². The molecule has 0 aliphatic heterocycles. The van der Waals surface area contributed by atoms with Gasteiger partial charge in [0, 0.05) is 39.0 Å². The van der Waals surface area contributed by atoms with Crippen molar-refractivity contribution in [2.45, 2.75) is 33.4 Å². The molecule has 1 amide bonds. The molecule has 0 saturated heterocycles. The number of hydrogen-bond donors (Lipinski definition) is 0. The third-order valence-corrected chi connectivity index (χ3v) is 3.39. The van der Waals surface area contributed by atoms with Crippen LogP contribution in [0.1, 0.15) is 23.5 Å². The zero-order chi connectivity index (χ0) is 14.7. The van der Waals surface area contributed by atoms with Gasteiger partial charge in [0.05, 0.1) is 17.9 Å². The van der Waals surface area contributed by atoms with Crippen LogP contribution in [0.4, 0.5) is 0 Å². The molecule has 0 aromatic carbocycles. The minimum atomic E-state index is 0.110. The highest BCUT2D eigenvalue weighted by Gasteiger charge is 2.12. The van der Waals surface area contributed by atoms with Gasteiger partial charge in [0.2, 0.25) is 5.91 Å². The summed E-state index contributed by atoms with van der Waals surface area (Å²) in [6.07, 6.45) is 2.19. The predicted molar refractivity (Wildman–Crippen MR) is 76.0 cm³/mol. The maximum Gasteiger partial charge on any atom is 0.224 e. The summed E-state index contributed by atoms with van der Waals surface area (Å²) in [6.45, 7) is 5.16. The van der Waals surface area contributed by atoms with Crippen molar-refractivity contribution in [2.24, 2.45) is 7.05 Å². The number of carbonyl (C=O) groups excluding carboxylic acids is 1. The second-order valence-corrected chi connectivity index (χ2v) is 5.10. The van der Waals surface area contributed by atoms with Crippen LogP contribution in [-0.2, 0) is 24.9 Å². The Bertz CT molecular complexity index is 598. The molecule has 0 aliphatic carbocycles. The average Bonchev–Trinajstić information content (AvgIpc) is 2.93. The lowest BCUT2D eigenvalue weighted by molar-refractivity contribution is -0.130. The minimum Gasteiger partial charge on any atom is -0.340 e. The Morgan fingerprint density at radius 3 is 2.70 bits per heavy atom. The van der Waals surface area contributed by atoms with Crippen LogP contribution in [0, 0.1) is 13.8 Å². The SMILES string of the molecule is Cc1cc(C)n(CCC(=O)N(C)Cc2ccnn2C)n1. The van der Waals surface area contributed by atoms with Gasteiger partial charge in [-0.25, -0.2) is 0 Å². The fraction of sp³-hybridized carbons (Fsp3) is 0.500. The lowest BCUT2D eigenvalue weighted by Crippen LogP contribution is -2.28. The highest BCUT2D eigenvalue weighted by atomic mass is 16.2. The molecule has 0 spiro atoms. The van der Waals surface area contributed by atoms with E-state index in [9.17, 15) is 4.79 Å². The van der Waals surface area contributed by atoms with Crippen LogP contribution in [0.5, 0.6) is 0 Å². The number of carbonyl (C=O) groups is 1. The third-order valence-electron chi connectivity index (χ3n) is 3.39. The van der Waals surface area contributed by atoms with Gasteiger partial charge in [-0.15, -0.1) is 0 Å². The molecule has 0 radical (unpaired) electrons. The van der Waals surface area contributed by atoms with Crippen LogP contribution in [0.3, 0.4) is 0 Å². The first-order valence-electron chi connectivity index (χ1n) is 6.69. The fourth-order valence-corrected chi connectivity index (χ4v) is 2.18. The molecule has 108 valence electrons. The summed E-state index contributed by atoms with van der Waals surface area (Å²) < 4.78 is 3.66. The maximum absolute atomic E-state index is 12.1. The van der Waals surface area contributed by atoms with Gasteiger partial charge in [-0.2, -0.15) is 10.2 Å². The highest BCUT2D eigenvalue weighted by molar-refractivity contribution is 5.75.